The number of unbranched alkanes of at least 4 members (excludes halogenated alkanes) is 1. The van der Waals surface area contributed by atoms with Gasteiger partial charge >= 0.3 is 5.97 Å². The van der Waals surface area contributed by atoms with Crippen molar-refractivity contribution in [2.45, 2.75) is 19.8 Å². The van der Waals surface area contributed by atoms with Crippen molar-refractivity contribution in [2.24, 2.45) is 0 Å². The second-order valence-electron chi connectivity index (χ2n) is 4.55. The molecular weight excluding hydrogens is 313 g/mol. The van der Waals surface area contributed by atoms with E-state index in [4.69, 9.17) is 33.0 Å². The zero-order valence-electron chi connectivity index (χ0n) is 12.1. The molecule has 1 aromatic rings. The maximum atomic E-state index is 11.1. The fraction of sp³-hybridized carbons (Fsp3) is 0.533. The zero-order chi connectivity index (χ0) is 15.7. The Balaban J connectivity index is 3.05. The zero-order valence-corrected chi connectivity index (χ0v) is 13.7. The summed E-state index contributed by atoms with van der Waals surface area (Å²) in [7, 11) is 0. The number of carbonyl (C=O) groups is 1. The van der Waals surface area contributed by atoms with Crippen LogP contribution in [0.4, 0.5) is 5.69 Å². The summed E-state index contributed by atoms with van der Waals surface area (Å²) in [5.74, 6) is 0.527. The van der Waals surface area contributed by atoms with Gasteiger partial charge in [-0.05, 0) is 24.6 Å². The van der Waals surface area contributed by atoms with Crippen LogP contribution in [-0.4, -0.2) is 42.5 Å². The molecule has 0 unspecified atom stereocenters. The van der Waals surface area contributed by atoms with Gasteiger partial charge in [0, 0.05) is 24.8 Å². The van der Waals surface area contributed by atoms with Crippen molar-refractivity contribution in [3.8, 4) is 5.75 Å². The quantitative estimate of drug-likeness (QED) is 0.522. The van der Waals surface area contributed by atoms with Crippen LogP contribution in [0.3, 0.4) is 0 Å². The number of nitrogens with zero attached hydrogens (tertiary/aromatic N) is 1. The molecule has 0 fully saturated rings. The third-order valence-corrected chi connectivity index (χ3v) is 3.35. The van der Waals surface area contributed by atoms with E-state index >= 15 is 0 Å². The first-order valence-corrected chi connectivity index (χ1v) is 8.08. The van der Waals surface area contributed by atoms with Crippen LogP contribution in [0.15, 0.2) is 18.2 Å². The van der Waals surface area contributed by atoms with E-state index in [1.165, 1.54) is 0 Å². The van der Waals surface area contributed by atoms with E-state index in [1.54, 1.807) is 18.2 Å². The predicted octanol–water partition coefficient (Wildman–Crippen LogP) is 3.85. The number of aromatic carboxylic acids is 1. The SMILES string of the molecule is CCCCOc1cc(C(=O)O)ccc1N(CCCl)CCCl. The van der Waals surface area contributed by atoms with E-state index < -0.39 is 5.97 Å². The van der Waals surface area contributed by atoms with Crippen molar-refractivity contribution in [1.82, 2.24) is 0 Å². The number of anilines is 1. The summed E-state index contributed by atoms with van der Waals surface area (Å²) in [5, 5.41) is 9.11. The van der Waals surface area contributed by atoms with Gasteiger partial charge in [0.15, 0.2) is 0 Å². The van der Waals surface area contributed by atoms with Crippen molar-refractivity contribution < 1.29 is 14.6 Å². The molecule has 0 aliphatic heterocycles. The largest absolute Gasteiger partial charge is 0.491 e. The number of hydrogen-bond acceptors (Lipinski definition) is 3. The van der Waals surface area contributed by atoms with E-state index in [-0.39, 0.29) is 5.56 Å². The van der Waals surface area contributed by atoms with Gasteiger partial charge in [0.25, 0.3) is 0 Å². The predicted molar refractivity (Wildman–Crippen MR) is 87.5 cm³/mol. The van der Waals surface area contributed by atoms with Gasteiger partial charge in [-0.3, -0.25) is 0 Å². The molecule has 0 radical (unpaired) electrons. The molecule has 0 amide bonds. The lowest BCUT2D eigenvalue weighted by Gasteiger charge is -2.25. The van der Waals surface area contributed by atoms with Crippen molar-refractivity contribution in [2.75, 3.05) is 36.4 Å². The summed E-state index contributed by atoms with van der Waals surface area (Å²) in [5.41, 5.74) is 1.04. The van der Waals surface area contributed by atoms with Gasteiger partial charge in [0.2, 0.25) is 0 Å². The molecule has 0 heterocycles. The Kier molecular flexibility index (Phi) is 8.31. The highest BCUT2D eigenvalue weighted by Crippen LogP contribution is 2.30. The lowest BCUT2D eigenvalue weighted by Crippen LogP contribution is -2.28. The first-order valence-electron chi connectivity index (χ1n) is 7.01. The average molecular weight is 334 g/mol. The van der Waals surface area contributed by atoms with Crippen LogP contribution in [0, 0.1) is 0 Å². The molecular formula is C15H21Cl2NO3. The van der Waals surface area contributed by atoms with Gasteiger partial charge in [-0.2, -0.15) is 0 Å². The van der Waals surface area contributed by atoms with Gasteiger partial charge < -0.3 is 14.7 Å². The average Bonchev–Trinajstić information content (AvgIpc) is 2.47. The summed E-state index contributed by atoms with van der Waals surface area (Å²) in [6.45, 7) is 3.89. The number of rotatable bonds is 10. The van der Waals surface area contributed by atoms with Gasteiger partial charge in [-0.15, -0.1) is 23.2 Å². The topological polar surface area (TPSA) is 49.8 Å². The monoisotopic (exact) mass is 333 g/mol. The molecule has 0 saturated carbocycles. The van der Waals surface area contributed by atoms with Gasteiger partial charge in [-0.25, -0.2) is 4.79 Å². The second kappa shape index (κ2) is 9.74. The Bertz CT molecular complexity index is 449. The molecule has 1 rings (SSSR count). The molecule has 1 aromatic carbocycles. The highest BCUT2D eigenvalue weighted by atomic mass is 35.5. The van der Waals surface area contributed by atoms with E-state index in [9.17, 15) is 4.79 Å². The third kappa shape index (κ3) is 5.64. The molecule has 4 nitrogen and oxygen atoms in total. The maximum Gasteiger partial charge on any atom is 0.335 e. The highest BCUT2D eigenvalue weighted by molar-refractivity contribution is 6.18. The summed E-state index contributed by atoms with van der Waals surface area (Å²) in [4.78, 5) is 13.1. The number of alkyl halides is 2. The number of carboxylic acids is 1. The van der Waals surface area contributed by atoms with Crippen molar-refractivity contribution in [1.29, 1.82) is 0 Å². The molecule has 0 saturated heterocycles. The van der Waals surface area contributed by atoms with Gasteiger partial charge in [0.1, 0.15) is 5.75 Å². The van der Waals surface area contributed by atoms with Crippen LogP contribution in [0.25, 0.3) is 0 Å². The Morgan fingerprint density at radius 1 is 1.29 bits per heavy atom. The molecule has 0 aromatic heterocycles. The van der Waals surface area contributed by atoms with E-state index in [1.807, 2.05) is 4.90 Å². The molecule has 0 aliphatic carbocycles. The molecule has 0 atom stereocenters. The van der Waals surface area contributed by atoms with Crippen LogP contribution >= 0.6 is 23.2 Å². The number of hydrogen-bond donors (Lipinski definition) is 1. The van der Waals surface area contributed by atoms with E-state index in [0.717, 1.165) is 18.5 Å². The lowest BCUT2D eigenvalue weighted by atomic mass is 10.1. The Morgan fingerprint density at radius 3 is 2.48 bits per heavy atom. The van der Waals surface area contributed by atoms with Crippen LogP contribution in [0.2, 0.25) is 0 Å². The first kappa shape index (κ1) is 17.9. The molecule has 1 N–H and O–H groups in total. The minimum Gasteiger partial charge on any atom is -0.491 e. The number of carboxylic acid groups (broad SMARTS) is 1. The Hall–Kier alpha value is -1.13. The van der Waals surface area contributed by atoms with Crippen molar-refractivity contribution in [3.05, 3.63) is 23.8 Å². The van der Waals surface area contributed by atoms with Gasteiger partial charge in [-0.1, -0.05) is 13.3 Å². The molecule has 118 valence electrons. The molecule has 0 spiro atoms. The van der Waals surface area contributed by atoms with Crippen LogP contribution in [0.5, 0.6) is 5.75 Å². The van der Waals surface area contributed by atoms with Crippen molar-refractivity contribution >= 4 is 34.9 Å². The standard InChI is InChI=1S/C15H21Cl2NO3/c1-2-3-10-21-14-11-12(15(19)20)4-5-13(14)18(8-6-16)9-7-17/h4-5,11H,2-3,6-10H2,1H3,(H,19,20). The minimum atomic E-state index is -0.969. The van der Waals surface area contributed by atoms with Crippen molar-refractivity contribution in [3.63, 3.8) is 0 Å². The minimum absolute atomic E-state index is 0.210. The maximum absolute atomic E-state index is 11.1. The molecule has 0 aliphatic rings. The summed E-state index contributed by atoms with van der Waals surface area (Å²) >= 11 is 11.6. The normalized spacial score (nSPS) is 10.4. The summed E-state index contributed by atoms with van der Waals surface area (Å²) in [6, 6.07) is 4.88. The molecule has 0 bridgehead atoms. The molecule has 6 heteroatoms. The van der Waals surface area contributed by atoms with E-state index in [2.05, 4.69) is 6.92 Å². The second-order valence-corrected chi connectivity index (χ2v) is 5.31. The highest BCUT2D eigenvalue weighted by Gasteiger charge is 2.15. The summed E-state index contributed by atoms with van der Waals surface area (Å²) < 4.78 is 5.75. The summed E-state index contributed by atoms with van der Waals surface area (Å²) in [6.07, 6.45) is 1.93. The Labute approximate surface area is 135 Å². The lowest BCUT2D eigenvalue weighted by molar-refractivity contribution is 0.0696. The fourth-order valence-electron chi connectivity index (χ4n) is 1.91. The van der Waals surface area contributed by atoms with Crippen LogP contribution in [-0.2, 0) is 0 Å². The number of halogens is 2. The smallest absolute Gasteiger partial charge is 0.335 e. The Morgan fingerprint density at radius 2 is 1.95 bits per heavy atom. The van der Waals surface area contributed by atoms with Gasteiger partial charge in [0.05, 0.1) is 17.9 Å². The first-order chi connectivity index (χ1) is 10.1. The van der Waals surface area contributed by atoms with Crippen LogP contribution in [0.1, 0.15) is 30.1 Å². The number of ether oxygens (including phenoxy) is 1. The van der Waals surface area contributed by atoms with Crippen LogP contribution < -0.4 is 9.64 Å². The fourth-order valence-corrected chi connectivity index (χ4v) is 2.32. The third-order valence-electron chi connectivity index (χ3n) is 3.01. The molecule has 21 heavy (non-hydrogen) atoms. The van der Waals surface area contributed by atoms with E-state index in [0.29, 0.717) is 37.2 Å². The number of benzene rings is 1.